The van der Waals surface area contributed by atoms with Gasteiger partial charge in [-0.2, -0.15) is 0 Å². The Balaban J connectivity index is 0.00000120. The van der Waals surface area contributed by atoms with Crippen molar-refractivity contribution in [2.45, 2.75) is 10.4 Å². The van der Waals surface area contributed by atoms with Gasteiger partial charge < -0.3 is 20.1 Å². The number of hydrogen-bond donors (Lipinski definition) is 0. The van der Waals surface area contributed by atoms with Crippen molar-refractivity contribution in [3.05, 3.63) is 81.0 Å². The molecule has 2 aromatic carbocycles. The van der Waals surface area contributed by atoms with Gasteiger partial charge in [-0.25, -0.2) is 4.79 Å². The van der Waals surface area contributed by atoms with Crippen molar-refractivity contribution < 1.29 is 57.3 Å². The molecule has 2 heterocycles. The van der Waals surface area contributed by atoms with E-state index >= 15 is 0 Å². The number of alkyl halides is 1. The third-order valence-electron chi connectivity index (χ3n) is 4.91. The van der Waals surface area contributed by atoms with Gasteiger partial charge in [0.2, 0.25) is 0 Å². The molecule has 0 saturated heterocycles. The Morgan fingerprint density at radius 3 is 2.45 bits per heavy atom. The molecule has 3 radical (unpaired) electrons. The minimum atomic E-state index is -1.28. The number of halogens is 2. The molecule has 31 heavy (non-hydrogen) atoms. The number of benzene rings is 2. The van der Waals surface area contributed by atoms with Crippen LogP contribution in [0, 0.1) is 0 Å². The smallest absolute Gasteiger partial charge is 0.872 e. The molecule has 2 N–H and O–H groups in total. The van der Waals surface area contributed by atoms with Gasteiger partial charge in [-0.05, 0) is 18.2 Å². The predicted octanol–water partition coefficient (Wildman–Crippen LogP) is 1.90. The molecule has 1 aliphatic carbocycles. The van der Waals surface area contributed by atoms with Crippen molar-refractivity contribution in [1.29, 1.82) is 0 Å². The van der Waals surface area contributed by atoms with E-state index in [-0.39, 0.29) is 115 Å². The van der Waals surface area contributed by atoms with Gasteiger partial charge in [-0.1, -0.05) is 61.9 Å². The van der Waals surface area contributed by atoms with E-state index in [1.54, 1.807) is 24.3 Å². The summed E-state index contributed by atoms with van der Waals surface area (Å²) in [4.78, 5) is 24.3. The molecule has 0 aromatic heterocycles. The summed E-state index contributed by atoms with van der Waals surface area (Å²) in [6.45, 7) is 0. The van der Waals surface area contributed by atoms with Gasteiger partial charge in [-0.3, -0.25) is 4.79 Å². The molecule has 1 spiro atoms. The summed E-state index contributed by atoms with van der Waals surface area (Å²) in [7, 11) is 0. The molecular weight excluding hydrogens is 743 g/mol. The second kappa shape index (κ2) is 10.8. The summed E-state index contributed by atoms with van der Waals surface area (Å²) < 4.78 is 12.2. The van der Waals surface area contributed by atoms with E-state index in [1.165, 1.54) is 12.1 Å². The first kappa shape index (κ1) is 29.5. The van der Waals surface area contributed by atoms with Crippen LogP contribution in [0.4, 0.5) is 0 Å². The first-order valence-corrected chi connectivity index (χ1v) is 9.76. The average Bonchev–Trinajstić information content (AvgIpc) is 2.93. The average molecular weight is 754 g/mol. The summed E-state index contributed by atoms with van der Waals surface area (Å²) >= 11 is 6.60. The Morgan fingerprint density at radius 2 is 1.74 bits per heavy atom. The minimum Gasteiger partial charge on any atom is -0.872 e. The Hall–Kier alpha value is 0.515. The molecule has 5 rings (SSSR count). The fraction of sp³-hybridized carbons (Fsp3) is 0.100. The molecule has 3 aliphatic rings. The van der Waals surface area contributed by atoms with Crippen LogP contribution in [0.3, 0.4) is 0 Å². The zero-order valence-corrected chi connectivity index (χ0v) is 29.4. The summed E-state index contributed by atoms with van der Waals surface area (Å²) in [5, 5.41) is 12.1. The molecule has 0 fully saturated rings. The number of carbonyl (C=O) groups excluding carboxylic acids is 2. The summed E-state index contributed by atoms with van der Waals surface area (Å²) in [5.74, 6) is -0.394. The van der Waals surface area contributed by atoms with Crippen LogP contribution in [0.15, 0.2) is 64.4 Å². The van der Waals surface area contributed by atoms with Crippen LogP contribution in [-0.2, 0) is 42.8 Å². The van der Waals surface area contributed by atoms with Crippen molar-refractivity contribution in [1.82, 2.24) is 0 Å². The van der Waals surface area contributed by atoms with E-state index < -0.39 is 16.4 Å². The van der Waals surface area contributed by atoms with Crippen LogP contribution in [0.1, 0.15) is 21.5 Å². The second-order valence-electron chi connectivity index (χ2n) is 6.39. The zero-order valence-electron chi connectivity index (χ0n) is 16.7. The molecular formula is C20H11Br2HgNa2O6. The number of esters is 1. The van der Waals surface area contributed by atoms with Crippen LogP contribution in [0.5, 0.6) is 11.5 Å². The molecule has 2 aromatic rings. The Bertz CT molecular complexity index is 1140. The van der Waals surface area contributed by atoms with Gasteiger partial charge in [0.05, 0.1) is 10.4 Å². The van der Waals surface area contributed by atoms with Gasteiger partial charge in [0.1, 0.15) is 11.5 Å². The number of ketones is 1. The number of fused-ring (bicyclic) bond motifs is 6. The van der Waals surface area contributed by atoms with E-state index in [2.05, 4.69) is 31.9 Å². The second-order valence-corrected chi connectivity index (χ2v) is 8.23. The van der Waals surface area contributed by atoms with E-state index in [4.69, 9.17) is 9.47 Å². The van der Waals surface area contributed by atoms with Crippen LogP contribution < -0.4 is 9.84 Å². The Morgan fingerprint density at radius 1 is 1.06 bits per heavy atom. The molecule has 0 saturated carbocycles. The van der Waals surface area contributed by atoms with Gasteiger partial charge >= 0.3 is 33.6 Å². The largest absolute Gasteiger partial charge is 1.00 e. The van der Waals surface area contributed by atoms with Gasteiger partial charge in [0.15, 0.2) is 11.4 Å². The van der Waals surface area contributed by atoms with Crippen molar-refractivity contribution in [3.8, 4) is 11.5 Å². The zero-order chi connectivity index (χ0) is 18.9. The Labute approximate surface area is 259 Å². The Kier molecular flexibility index (Phi) is 10.3. The SMILES string of the molecule is O.O=C1OC2(C3=CC(Br)C(=O)C=C3Oc3cc([O-])c(Br)cc32)c2ccccc21.[Hg+].[Na].[Na]. The third-order valence-corrected chi connectivity index (χ3v) is 6.24. The van der Waals surface area contributed by atoms with Crippen LogP contribution in [-0.4, -0.2) is 81.2 Å². The van der Waals surface area contributed by atoms with E-state index in [9.17, 15) is 14.7 Å². The van der Waals surface area contributed by atoms with Crippen molar-refractivity contribution in [3.63, 3.8) is 0 Å². The van der Waals surface area contributed by atoms with Gasteiger partial charge in [-0.15, -0.1) is 0 Å². The van der Waals surface area contributed by atoms with Crippen molar-refractivity contribution in [2.75, 3.05) is 0 Å². The molecule has 6 nitrogen and oxygen atoms in total. The number of rotatable bonds is 0. The van der Waals surface area contributed by atoms with E-state index in [0.717, 1.165) is 0 Å². The summed E-state index contributed by atoms with van der Waals surface area (Å²) in [5.41, 5.74) is 0.896. The summed E-state index contributed by atoms with van der Waals surface area (Å²) in [6.07, 6.45) is 3.05. The van der Waals surface area contributed by atoms with E-state index in [0.29, 0.717) is 26.7 Å². The minimum absolute atomic E-state index is 0. The first-order chi connectivity index (χ1) is 12.9. The van der Waals surface area contributed by atoms with Gasteiger partial charge in [0, 0.05) is 86.4 Å². The standard InChI is InChI=1S/C20H10Br2O5.Hg.2Na.H2O/c21-13-5-11-17(7-15(13)23)26-18-8-16(24)14(22)6-12(18)20(11)10-4-2-1-3-9(10)19(25)27-20;;;;/h1-8,13,24H;;;;1H2/q;+1;;;/p-1. The maximum absolute atomic E-state index is 12.7. The fourth-order valence-corrected chi connectivity index (χ4v) is 4.49. The van der Waals surface area contributed by atoms with Crippen LogP contribution in [0.2, 0.25) is 0 Å². The molecule has 145 valence electrons. The fourth-order valence-electron chi connectivity index (χ4n) is 3.75. The number of hydrogen-bond acceptors (Lipinski definition) is 5. The van der Waals surface area contributed by atoms with Crippen LogP contribution >= 0.6 is 31.9 Å². The predicted molar refractivity (Wildman–Crippen MR) is 116 cm³/mol. The number of carbonyl (C=O) groups is 2. The molecule has 2 unspecified atom stereocenters. The molecule has 0 amide bonds. The van der Waals surface area contributed by atoms with E-state index in [1.807, 2.05) is 12.1 Å². The molecule has 0 bridgehead atoms. The maximum atomic E-state index is 12.7. The van der Waals surface area contributed by atoms with Crippen LogP contribution in [0.25, 0.3) is 0 Å². The molecule has 2 atom stereocenters. The number of allylic oxidation sites excluding steroid dienone is 2. The molecule has 2 aliphatic heterocycles. The van der Waals surface area contributed by atoms with Crippen molar-refractivity contribution in [2.24, 2.45) is 0 Å². The monoisotopic (exact) mass is 753 g/mol. The summed E-state index contributed by atoms with van der Waals surface area (Å²) in [6, 6.07) is 10.0. The normalized spacial score (nSPS) is 21.8. The maximum Gasteiger partial charge on any atom is 1.00 e. The number of ether oxygens (including phenoxy) is 2. The first-order valence-electron chi connectivity index (χ1n) is 8.06. The quantitative estimate of drug-likeness (QED) is 0.232. The molecule has 11 heteroatoms. The van der Waals surface area contributed by atoms with Gasteiger partial charge in [0.25, 0.3) is 0 Å². The third kappa shape index (κ3) is 4.47. The van der Waals surface area contributed by atoms with Crippen molar-refractivity contribution >= 4 is 103 Å². The topological polar surface area (TPSA) is 107 Å².